The van der Waals surface area contributed by atoms with Gasteiger partial charge in [-0.15, -0.1) is 5.10 Å². The van der Waals surface area contributed by atoms with Gasteiger partial charge in [0.15, 0.2) is 5.11 Å². The van der Waals surface area contributed by atoms with Gasteiger partial charge in [-0.05, 0) is 36.3 Å². The maximum atomic E-state index is 12.3. The number of benzene rings is 1. The average molecular weight is 363 g/mol. The van der Waals surface area contributed by atoms with Crippen LogP contribution in [-0.4, -0.2) is 36.2 Å². The van der Waals surface area contributed by atoms with Gasteiger partial charge in [-0.25, -0.2) is 0 Å². The minimum Gasteiger partial charge on any atom is -0.299 e. The van der Waals surface area contributed by atoms with E-state index in [9.17, 15) is 14.9 Å². The molecule has 0 unspecified atom stereocenters. The Morgan fingerprint density at radius 2 is 2.16 bits per heavy atom. The maximum Gasteiger partial charge on any atom is 0.273 e. The molecule has 0 aliphatic rings. The molecule has 10 nitrogen and oxygen atoms in total. The van der Waals surface area contributed by atoms with Crippen LogP contribution in [0.4, 0.5) is 11.6 Å². The fourth-order valence-electron chi connectivity index (χ4n) is 2.07. The molecule has 1 heterocycles. The topological polar surface area (TPSA) is 128 Å². The van der Waals surface area contributed by atoms with E-state index < -0.39 is 10.8 Å². The molecule has 2 N–H and O–H groups in total. The van der Waals surface area contributed by atoms with Crippen LogP contribution >= 0.6 is 12.2 Å². The van der Waals surface area contributed by atoms with Crippen LogP contribution in [0.2, 0.25) is 0 Å². The molecule has 0 fully saturated rings. The van der Waals surface area contributed by atoms with E-state index in [1.54, 1.807) is 0 Å². The minimum atomic E-state index is -0.562. The monoisotopic (exact) mass is 363 g/mol. The van der Waals surface area contributed by atoms with Gasteiger partial charge in [-0.3, -0.25) is 25.5 Å². The zero-order valence-corrected chi connectivity index (χ0v) is 14.7. The van der Waals surface area contributed by atoms with E-state index in [0.717, 1.165) is 0 Å². The zero-order chi connectivity index (χ0) is 18.6. The van der Waals surface area contributed by atoms with Crippen LogP contribution in [-0.2, 0) is 6.54 Å². The highest BCUT2D eigenvalue weighted by Gasteiger charge is 2.19. The third kappa shape index (κ3) is 4.76. The molecule has 25 heavy (non-hydrogen) atoms. The SMILES string of the molecule is Cc1c(C(=O)NC(=S)Nc2nnn(CC(C)C)n2)cccc1[N+](=O)[O-]. The largest absolute Gasteiger partial charge is 0.299 e. The third-order valence-corrected chi connectivity index (χ3v) is 3.38. The Kier molecular flexibility index (Phi) is 5.70. The summed E-state index contributed by atoms with van der Waals surface area (Å²) in [6, 6.07) is 4.26. The van der Waals surface area contributed by atoms with Gasteiger partial charge in [0.1, 0.15) is 0 Å². The predicted octanol–water partition coefficient (Wildman–Crippen LogP) is 1.67. The Morgan fingerprint density at radius 3 is 2.80 bits per heavy atom. The van der Waals surface area contributed by atoms with Crippen LogP contribution in [0.1, 0.15) is 29.8 Å². The van der Waals surface area contributed by atoms with Gasteiger partial charge in [0, 0.05) is 17.2 Å². The molecular formula is C14H17N7O3S. The lowest BCUT2D eigenvalue weighted by Gasteiger charge is -2.08. The van der Waals surface area contributed by atoms with Gasteiger partial charge < -0.3 is 0 Å². The van der Waals surface area contributed by atoms with Crippen molar-refractivity contribution in [3.8, 4) is 0 Å². The van der Waals surface area contributed by atoms with E-state index in [2.05, 4.69) is 26.0 Å². The number of hydrogen-bond acceptors (Lipinski definition) is 7. The molecule has 0 aliphatic carbocycles. The van der Waals surface area contributed by atoms with E-state index in [1.807, 2.05) is 13.8 Å². The van der Waals surface area contributed by atoms with E-state index in [0.29, 0.717) is 12.5 Å². The number of carbonyl (C=O) groups is 1. The highest BCUT2D eigenvalue weighted by atomic mass is 32.1. The summed E-state index contributed by atoms with van der Waals surface area (Å²) in [5.74, 6) is -0.0551. The Hall–Kier alpha value is -2.95. The second-order valence-corrected chi connectivity index (χ2v) is 6.09. The number of nitro benzene ring substituents is 1. The number of nitrogens with zero attached hydrogens (tertiary/aromatic N) is 5. The fourth-order valence-corrected chi connectivity index (χ4v) is 2.25. The maximum absolute atomic E-state index is 12.3. The first-order chi connectivity index (χ1) is 11.8. The summed E-state index contributed by atoms with van der Waals surface area (Å²) in [7, 11) is 0. The molecule has 11 heteroatoms. The normalized spacial score (nSPS) is 10.6. The number of tetrazole rings is 1. The molecular weight excluding hydrogens is 346 g/mol. The molecule has 0 saturated heterocycles. The van der Waals surface area contributed by atoms with Crippen LogP contribution in [0.25, 0.3) is 0 Å². The Morgan fingerprint density at radius 1 is 1.44 bits per heavy atom. The van der Waals surface area contributed by atoms with Crippen molar-refractivity contribution in [3.63, 3.8) is 0 Å². The molecule has 132 valence electrons. The zero-order valence-electron chi connectivity index (χ0n) is 13.9. The number of rotatable bonds is 5. The molecule has 0 atom stereocenters. The van der Waals surface area contributed by atoms with Gasteiger partial charge in [-0.1, -0.05) is 25.0 Å². The predicted molar refractivity (Wildman–Crippen MR) is 94.2 cm³/mol. The van der Waals surface area contributed by atoms with Gasteiger partial charge in [0.25, 0.3) is 17.5 Å². The summed E-state index contributed by atoms with van der Waals surface area (Å²) in [5.41, 5.74) is 0.286. The first kappa shape index (κ1) is 18.4. The number of carbonyl (C=O) groups excluding carboxylic acids is 1. The van der Waals surface area contributed by atoms with Crippen molar-refractivity contribution in [2.45, 2.75) is 27.3 Å². The number of nitrogens with one attached hydrogen (secondary N) is 2. The third-order valence-electron chi connectivity index (χ3n) is 3.18. The number of anilines is 1. The summed E-state index contributed by atoms with van der Waals surface area (Å²) in [5, 5.41) is 27.7. The van der Waals surface area contributed by atoms with Crippen molar-refractivity contribution < 1.29 is 9.72 Å². The van der Waals surface area contributed by atoms with Crippen molar-refractivity contribution in [1.29, 1.82) is 0 Å². The smallest absolute Gasteiger partial charge is 0.273 e. The van der Waals surface area contributed by atoms with Crippen molar-refractivity contribution in [2.75, 3.05) is 5.32 Å². The molecule has 0 saturated carbocycles. The lowest BCUT2D eigenvalue weighted by atomic mass is 10.1. The van der Waals surface area contributed by atoms with Crippen molar-refractivity contribution in [3.05, 3.63) is 39.4 Å². The summed E-state index contributed by atoms with van der Waals surface area (Å²) in [6.45, 7) is 6.13. The van der Waals surface area contributed by atoms with Gasteiger partial charge in [-0.2, -0.15) is 4.80 Å². The number of amides is 1. The molecule has 0 spiro atoms. The summed E-state index contributed by atoms with van der Waals surface area (Å²) in [4.78, 5) is 24.1. The van der Waals surface area contributed by atoms with Crippen LogP contribution in [0.3, 0.4) is 0 Å². The van der Waals surface area contributed by atoms with Crippen LogP contribution in [0.5, 0.6) is 0 Å². The van der Waals surface area contributed by atoms with E-state index in [1.165, 1.54) is 29.9 Å². The number of nitro groups is 1. The highest BCUT2D eigenvalue weighted by Crippen LogP contribution is 2.20. The minimum absolute atomic E-state index is 0.0278. The van der Waals surface area contributed by atoms with Crippen molar-refractivity contribution in [1.82, 2.24) is 25.5 Å². The number of hydrogen-bond donors (Lipinski definition) is 2. The summed E-state index contributed by atoms with van der Waals surface area (Å²) >= 11 is 5.04. The van der Waals surface area contributed by atoms with Crippen LogP contribution in [0, 0.1) is 23.0 Å². The Labute approximate surface area is 148 Å². The first-order valence-electron chi connectivity index (χ1n) is 7.42. The molecule has 0 aliphatic heterocycles. The molecule has 2 rings (SSSR count). The quantitative estimate of drug-likeness (QED) is 0.466. The number of aromatic nitrogens is 4. The highest BCUT2D eigenvalue weighted by molar-refractivity contribution is 7.80. The molecule has 2 aromatic rings. The standard InChI is InChI=1S/C14H17N7O3S/c1-8(2)7-20-18-13(17-19-20)16-14(25)15-12(22)10-5-4-6-11(9(10)3)21(23)24/h4-6,8H,7H2,1-3H3,(H2,15,16,18,22,25). The van der Waals surface area contributed by atoms with Gasteiger partial charge in [0.05, 0.1) is 11.5 Å². The van der Waals surface area contributed by atoms with E-state index in [-0.39, 0.29) is 27.9 Å². The second kappa shape index (κ2) is 7.75. The Balaban J connectivity index is 2.03. The number of thiocarbonyl (C=S) groups is 1. The lowest BCUT2D eigenvalue weighted by molar-refractivity contribution is -0.385. The van der Waals surface area contributed by atoms with E-state index >= 15 is 0 Å². The molecule has 1 aromatic carbocycles. The first-order valence-corrected chi connectivity index (χ1v) is 7.83. The average Bonchev–Trinajstić information content (AvgIpc) is 2.92. The molecule has 1 amide bonds. The van der Waals surface area contributed by atoms with Crippen LogP contribution < -0.4 is 10.6 Å². The van der Waals surface area contributed by atoms with Crippen molar-refractivity contribution in [2.24, 2.45) is 5.92 Å². The fraction of sp³-hybridized carbons (Fsp3) is 0.357. The van der Waals surface area contributed by atoms with Gasteiger partial charge in [0.2, 0.25) is 0 Å². The molecule has 0 radical (unpaired) electrons. The van der Waals surface area contributed by atoms with Crippen LogP contribution in [0.15, 0.2) is 18.2 Å². The second-order valence-electron chi connectivity index (χ2n) is 5.68. The molecule has 0 bridgehead atoms. The Bertz CT molecular complexity index is 819. The van der Waals surface area contributed by atoms with E-state index in [4.69, 9.17) is 12.2 Å². The lowest BCUT2D eigenvalue weighted by Crippen LogP contribution is -2.34. The van der Waals surface area contributed by atoms with Gasteiger partial charge >= 0.3 is 0 Å². The summed E-state index contributed by atoms with van der Waals surface area (Å²) in [6.07, 6.45) is 0. The molecule has 1 aromatic heterocycles. The van der Waals surface area contributed by atoms with Crippen molar-refractivity contribution >= 4 is 34.9 Å². The summed E-state index contributed by atoms with van der Waals surface area (Å²) < 4.78 is 0.